The molecule has 1 aromatic carbocycles. The largest absolute Gasteiger partial charge is 0.352 e. The minimum atomic E-state index is -3.44. The Morgan fingerprint density at radius 1 is 1.20 bits per heavy atom. The molecule has 6 nitrogen and oxygen atoms in total. The second-order valence-electron chi connectivity index (χ2n) is 7.73. The predicted molar refractivity (Wildman–Crippen MR) is 121 cm³/mol. The molecule has 1 aliphatic rings. The van der Waals surface area contributed by atoms with Gasteiger partial charge in [0, 0.05) is 44.4 Å². The summed E-state index contributed by atoms with van der Waals surface area (Å²) in [4.78, 5) is 17.0. The van der Waals surface area contributed by atoms with E-state index in [9.17, 15) is 13.2 Å². The van der Waals surface area contributed by atoms with E-state index in [0.29, 0.717) is 12.5 Å². The zero-order chi connectivity index (χ0) is 21.6. The van der Waals surface area contributed by atoms with Gasteiger partial charge in [0.1, 0.15) is 0 Å². The molecule has 2 aromatic rings. The van der Waals surface area contributed by atoms with Crippen LogP contribution in [-0.2, 0) is 21.2 Å². The Hall–Kier alpha value is -2.03. The molecular formula is C22H29N3O3S2. The molecule has 30 heavy (non-hydrogen) atoms. The van der Waals surface area contributed by atoms with Crippen LogP contribution in [0.1, 0.15) is 54.3 Å². The molecule has 1 fully saturated rings. The fraction of sp³-hybridized carbons (Fsp3) is 0.455. The van der Waals surface area contributed by atoms with Crippen LogP contribution in [0.2, 0.25) is 0 Å². The molecule has 8 heteroatoms. The van der Waals surface area contributed by atoms with Crippen molar-refractivity contribution in [2.75, 3.05) is 20.6 Å². The van der Waals surface area contributed by atoms with Gasteiger partial charge in [0.25, 0.3) is 0 Å². The van der Waals surface area contributed by atoms with Gasteiger partial charge < -0.3 is 5.32 Å². The first kappa shape index (κ1) is 22.7. The zero-order valence-corrected chi connectivity index (χ0v) is 19.1. The summed E-state index contributed by atoms with van der Waals surface area (Å²) in [6.45, 7) is 0.542. The SMILES string of the molecule is CN(C)S(=O)(=O)c1ccc(/C=C/C(=O)NCCc2nc(C3CCCCC3)cs2)cc1. The topological polar surface area (TPSA) is 79.4 Å². The lowest BCUT2D eigenvalue weighted by molar-refractivity contribution is -0.116. The number of hydrogen-bond acceptors (Lipinski definition) is 5. The van der Waals surface area contributed by atoms with Crippen LogP contribution in [0.25, 0.3) is 6.08 Å². The van der Waals surface area contributed by atoms with E-state index in [0.717, 1.165) is 17.0 Å². The molecular weight excluding hydrogens is 418 g/mol. The maximum absolute atomic E-state index is 12.1. The summed E-state index contributed by atoms with van der Waals surface area (Å²) in [5, 5.41) is 6.12. The number of nitrogens with one attached hydrogen (secondary N) is 1. The van der Waals surface area contributed by atoms with E-state index in [1.165, 1.54) is 62.3 Å². The van der Waals surface area contributed by atoms with E-state index in [2.05, 4.69) is 10.7 Å². The summed E-state index contributed by atoms with van der Waals surface area (Å²) in [5.74, 6) is 0.435. The quantitative estimate of drug-likeness (QED) is 0.624. The number of thiazole rings is 1. The molecule has 0 atom stereocenters. The first-order valence-corrected chi connectivity index (χ1v) is 12.6. The Kier molecular flexibility index (Phi) is 7.80. The number of benzene rings is 1. The lowest BCUT2D eigenvalue weighted by Gasteiger charge is -2.19. The fourth-order valence-electron chi connectivity index (χ4n) is 3.51. The third-order valence-corrected chi connectivity index (χ3v) is 8.07. The van der Waals surface area contributed by atoms with Gasteiger partial charge in [-0.2, -0.15) is 0 Å². The van der Waals surface area contributed by atoms with Crippen molar-refractivity contribution in [1.82, 2.24) is 14.6 Å². The normalized spacial score (nSPS) is 15.7. The number of nitrogens with zero attached hydrogens (tertiary/aromatic N) is 2. The lowest BCUT2D eigenvalue weighted by Crippen LogP contribution is -2.23. The highest BCUT2D eigenvalue weighted by molar-refractivity contribution is 7.89. The van der Waals surface area contributed by atoms with Gasteiger partial charge in [0.15, 0.2) is 0 Å². The third kappa shape index (κ3) is 6.00. The molecule has 0 radical (unpaired) electrons. The maximum atomic E-state index is 12.1. The number of carbonyl (C=O) groups excluding carboxylic acids is 1. The Morgan fingerprint density at radius 3 is 2.57 bits per heavy atom. The second kappa shape index (κ2) is 10.3. The van der Waals surface area contributed by atoms with E-state index in [1.807, 2.05) is 0 Å². The average Bonchev–Trinajstić information content (AvgIpc) is 3.22. The van der Waals surface area contributed by atoms with E-state index in [4.69, 9.17) is 4.98 Å². The van der Waals surface area contributed by atoms with Gasteiger partial charge in [-0.1, -0.05) is 31.4 Å². The Labute approximate surface area is 183 Å². The summed E-state index contributed by atoms with van der Waals surface area (Å²) in [6, 6.07) is 6.45. The number of carbonyl (C=O) groups is 1. The monoisotopic (exact) mass is 447 g/mol. The Bertz CT molecular complexity index is 973. The van der Waals surface area contributed by atoms with E-state index in [-0.39, 0.29) is 10.8 Å². The number of amides is 1. The molecule has 1 aromatic heterocycles. The predicted octanol–water partition coefficient (Wildman–Crippen LogP) is 3.81. The van der Waals surface area contributed by atoms with Gasteiger partial charge in [0.2, 0.25) is 15.9 Å². The van der Waals surface area contributed by atoms with Gasteiger partial charge in [-0.05, 0) is 36.6 Å². The summed E-state index contributed by atoms with van der Waals surface area (Å²) < 4.78 is 25.3. The number of hydrogen-bond donors (Lipinski definition) is 1. The van der Waals surface area contributed by atoms with Crippen molar-refractivity contribution < 1.29 is 13.2 Å². The van der Waals surface area contributed by atoms with Crippen LogP contribution in [-0.4, -0.2) is 44.3 Å². The second-order valence-corrected chi connectivity index (χ2v) is 10.8. The average molecular weight is 448 g/mol. The van der Waals surface area contributed by atoms with Crippen molar-refractivity contribution in [1.29, 1.82) is 0 Å². The van der Waals surface area contributed by atoms with Crippen molar-refractivity contribution in [2.24, 2.45) is 0 Å². The molecule has 162 valence electrons. The van der Waals surface area contributed by atoms with Gasteiger partial charge >= 0.3 is 0 Å². The van der Waals surface area contributed by atoms with E-state index >= 15 is 0 Å². The summed E-state index contributed by atoms with van der Waals surface area (Å²) in [7, 11) is -0.452. The molecule has 0 spiro atoms. The van der Waals surface area contributed by atoms with Crippen LogP contribution in [0, 0.1) is 0 Å². The van der Waals surface area contributed by atoms with Crippen molar-refractivity contribution in [3.05, 3.63) is 52.0 Å². The smallest absolute Gasteiger partial charge is 0.244 e. The molecule has 1 N–H and O–H groups in total. The van der Waals surface area contributed by atoms with Crippen LogP contribution in [0.5, 0.6) is 0 Å². The van der Waals surface area contributed by atoms with Gasteiger partial charge in [-0.25, -0.2) is 17.7 Å². The standard InChI is InChI=1S/C22H29N3O3S2/c1-25(2)30(27,28)19-11-8-17(9-12-19)10-13-21(26)23-15-14-22-24-20(16-29-22)18-6-4-3-5-7-18/h8-13,16,18H,3-7,14-15H2,1-2H3,(H,23,26)/b13-10+. The molecule has 0 unspecified atom stereocenters. The lowest BCUT2D eigenvalue weighted by atomic mass is 9.87. The Morgan fingerprint density at radius 2 is 1.90 bits per heavy atom. The van der Waals surface area contributed by atoms with Crippen LogP contribution in [0.4, 0.5) is 0 Å². The summed E-state index contributed by atoms with van der Waals surface area (Å²) in [6.07, 6.45) is 10.3. The van der Waals surface area contributed by atoms with Crippen molar-refractivity contribution >= 4 is 33.3 Å². The third-order valence-electron chi connectivity index (χ3n) is 5.32. The minimum absolute atomic E-state index is 0.177. The van der Waals surface area contributed by atoms with Gasteiger partial charge in [-0.15, -0.1) is 11.3 Å². The molecule has 3 rings (SSSR count). The molecule has 1 amide bonds. The van der Waals surface area contributed by atoms with Crippen LogP contribution >= 0.6 is 11.3 Å². The number of sulfonamides is 1. The number of rotatable bonds is 8. The van der Waals surface area contributed by atoms with Crippen LogP contribution < -0.4 is 5.32 Å². The van der Waals surface area contributed by atoms with Gasteiger partial charge in [0.05, 0.1) is 15.6 Å². The first-order chi connectivity index (χ1) is 14.4. The van der Waals surface area contributed by atoms with Crippen LogP contribution in [0.3, 0.4) is 0 Å². The first-order valence-electron chi connectivity index (χ1n) is 10.3. The zero-order valence-electron chi connectivity index (χ0n) is 17.5. The molecule has 0 bridgehead atoms. The highest BCUT2D eigenvalue weighted by Crippen LogP contribution is 2.33. The summed E-state index contributed by atoms with van der Waals surface area (Å²) in [5.41, 5.74) is 1.99. The molecule has 1 saturated carbocycles. The Balaban J connectivity index is 1.45. The van der Waals surface area contributed by atoms with Crippen molar-refractivity contribution in [2.45, 2.75) is 49.3 Å². The van der Waals surface area contributed by atoms with Crippen molar-refractivity contribution in [3.63, 3.8) is 0 Å². The molecule has 1 heterocycles. The highest BCUT2D eigenvalue weighted by atomic mass is 32.2. The van der Waals surface area contributed by atoms with E-state index < -0.39 is 10.0 Å². The van der Waals surface area contributed by atoms with Gasteiger partial charge in [-0.3, -0.25) is 4.79 Å². The number of aromatic nitrogens is 1. The van der Waals surface area contributed by atoms with Crippen molar-refractivity contribution in [3.8, 4) is 0 Å². The van der Waals surface area contributed by atoms with E-state index in [1.54, 1.807) is 41.7 Å². The minimum Gasteiger partial charge on any atom is -0.352 e. The van der Waals surface area contributed by atoms with Crippen LogP contribution in [0.15, 0.2) is 40.6 Å². The molecule has 0 aliphatic heterocycles. The molecule has 1 aliphatic carbocycles. The maximum Gasteiger partial charge on any atom is 0.244 e. The summed E-state index contributed by atoms with van der Waals surface area (Å²) >= 11 is 1.68. The molecule has 0 saturated heterocycles. The fourth-order valence-corrected chi connectivity index (χ4v) is 5.29. The highest BCUT2D eigenvalue weighted by Gasteiger charge is 2.18.